The van der Waals surface area contributed by atoms with Crippen molar-refractivity contribution in [2.75, 3.05) is 14.2 Å². The molecule has 0 aliphatic carbocycles. The first-order valence-electron chi connectivity index (χ1n) is 9.23. The van der Waals surface area contributed by atoms with Crippen LogP contribution in [0.15, 0.2) is 72.8 Å². The lowest BCUT2D eigenvalue weighted by molar-refractivity contribution is 0.415. The van der Waals surface area contributed by atoms with E-state index in [1.807, 2.05) is 48.5 Å². The summed E-state index contributed by atoms with van der Waals surface area (Å²) in [6.45, 7) is 0. The van der Waals surface area contributed by atoms with E-state index in [0.29, 0.717) is 6.42 Å². The number of rotatable bonds is 4. The zero-order valence-electron chi connectivity index (χ0n) is 16.5. The fourth-order valence-corrected chi connectivity index (χ4v) is 3.43. The van der Waals surface area contributed by atoms with Crippen LogP contribution in [-0.2, 0) is 11.8 Å². The van der Waals surface area contributed by atoms with Gasteiger partial charge in [-0.25, -0.2) is 0 Å². The van der Waals surface area contributed by atoms with E-state index in [1.165, 1.54) is 16.3 Å². The molecule has 0 radical (unpaired) electrons. The van der Waals surface area contributed by atoms with Gasteiger partial charge in [-0.15, -0.1) is 0 Å². The number of hydrogen-bond donors (Lipinski definition) is 0. The Morgan fingerprint density at radius 3 is 1.62 bits per heavy atom. The molecule has 4 rings (SSSR count). The third-order valence-electron chi connectivity index (χ3n) is 4.66. The predicted molar refractivity (Wildman–Crippen MR) is 123 cm³/mol. The maximum absolute atomic E-state index is 8.60. The van der Waals surface area contributed by atoms with Gasteiger partial charge in [-0.05, 0) is 56.9 Å². The molecule has 0 bridgehead atoms. The molecule has 0 spiro atoms. The summed E-state index contributed by atoms with van der Waals surface area (Å²) in [5.41, 5.74) is 2.35. The Hall–Kier alpha value is -3.03. The normalized spacial score (nSPS) is 10.1. The summed E-state index contributed by atoms with van der Waals surface area (Å²) in [4.78, 5) is 0. The minimum Gasteiger partial charge on any atom is -0.497 e. The molecule has 4 aromatic rings. The monoisotopic (exact) mass is 447 g/mol. The largest absolute Gasteiger partial charge is 0.497 e. The number of halogens is 1. The quantitative estimate of drug-likeness (QED) is 0.328. The van der Waals surface area contributed by atoms with Crippen LogP contribution in [0.2, 0.25) is 0 Å². The first-order chi connectivity index (χ1) is 14.2. The molecule has 0 aromatic heterocycles. The van der Waals surface area contributed by atoms with Crippen molar-refractivity contribution in [2.24, 2.45) is 0 Å². The van der Waals surface area contributed by atoms with Crippen molar-refractivity contribution >= 4 is 37.5 Å². The maximum atomic E-state index is 8.60. The Morgan fingerprint density at radius 2 is 1.14 bits per heavy atom. The van der Waals surface area contributed by atoms with Crippen LogP contribution in [0.3, 0.4) is 0 Å². The van der Waals surface area contributed by atoms with Gasteiger partial charge >= 0.3 is 0 Å². The molecular formula is C25H22BrNO2. The smallest absolute Gasteiger partial charge is 0.119 e. The summed E-state index contributed by atoms with van der Waals surface area (Å²) < 4.78 is 10.3. The molecule has 0 amide bonds. The highest BCUT2D eigenvalue weighted by Crippen LogP contribution is 2.23. The third-order valence-corrected chi connectivity index (χ3v) is 5.31. The summed E-state index contributed by atoms with van der Waals surface area (Å²) in [5.74, 6) is 1.76. The van der Waals surface area contributed by atoms with Crippen molar-refractivity contribution in [3.05, 3.63) is 83.9 Å². The van der Waals surface area contributed by atoms with Crippen molar-refractivity contribution in [1.82, 2.24) is 0 Å². The molecule has 0 N–H and O–H groups in total. The fraction of sp³-hybridized carbons (Fsp3) is 0.160. The number of methoxy groups -OCH3 is 2. The zero-order chi connectivity index (χ0) is 20.6. The average Bonchev–Trinajstić information content (AvgIpc) is 2.78. The summed E-state index contributed by atoms with van der Waals surface area (Å²) in [7, 11) is 3.35. The van der Waals surface area contributed by atoms with Crippen LogP contribution in [0.1, 0.15) is 11.1 Å². The molecule has 0 saturated carbocycles. The van der Waals surface area contributed by atoms with E-state index in [9.17, 15) is 0 Å². The second-order valence-corrected chi connectivity index (χ2v) is 7.12. The van der Waals surface area contributed by atoms with Crippen LogP contribution in [0.4, 0.5) is 0 Å². The fourth-order valence-electron chi connectivity index (χ4n) is 3.08. The van der Waals surface area contributed by atoms with Gasteiger partial charge in [0.2, 0.25) is 0 Å². The van der Waals surface area contributed by atoms with E-state index in [4.69, 9.17) is 14.7 Å². The van der Waals surface area contributed by atoms with E-state index >= 15 is 0 Å². The van der Waals surface area contributed by atoms with E-state index in [-0.39, 0.29) is 0 Å². The van der Waals surface area contributed by atoms with Crippen molar-refractivity contribution in [2.45, 2.75) is 11.8 Å². The second kappa shape index (κ2) is 9.95. The highest BCUT2D eigenvalue weighted by Gasteiger charge is 1.99. The first-order valence-corrected chi connectivity index (χ1v) is 10.3. The predicted octanol–water partition coefficient (Wildman–Crippen LogP) is 6.66. The minimum absolute atomic E-state index is 0.460. The van der Waals surface area contributed by atoms with Crippen LogP contribution in [0.5, 0.6) is 11.5 Å². The highest BCUT2D eigenvalue weighted by atomic mass is 79.9. The number of nitriles is 1. The van der Waals surface area contributed by atoms with Gasteiger partial charge in [0.15, 0.2) is 0 Å². The van der Waals surface area contributed by atoms with E-state index in [0.717, 1.165) is 33.2 Å². The third kappa shape index (κ3) is 5.28. The molecular weight excluding hydrogens is 426 g/mol. The molecule has 146 valence electrons. The number of nitrogens with zero attached hydrogens (tertiary/aromatic N) is 1. The molecule has 0 heterocycles. The van der Waals surface area contributed by atoms with Gasteiger partial charge in [-0.3, -0.25) is 0 Å². The molecule has 0 aliphatic heterocycles. The molecule has 0 aliphatic rings. The lowest BCUT2D eigenvalue weighted by Gasteiger charge is -2.03. The van der Waals surface area contributed by atoms with E-state index < -0.39 is 0 Å². The Morgan fingerprint density at radius 1 is 0.690 bits per heavy atom. The van der Waals surface area contributed by atoms with Gasteiger partial charge in [0, 0.05) is 5.33 Å². The Kier molecular flexibility index (Phi) is 7.10. The Balaban J connectivity index is 0.000000166. The van der Waals surface area contributed by atoms with Crippen molar-refractivity contribution < 1.29 is 9.47 Å². The molecule has 0 unspecified atom stereocenters. The van der Waals surface area contributed by atoms with Crippen molar-refractivity contribution in [3.63, 3.8) is 0 Å². The number of ether oxygens (including phenoxy) is 2. The zero-order valence-corrected chi connectivity index (χ0v) is 18.1. The number of benzene rings is 4. The number of hydrogen-bond acceptors (Lipinski definition) is 3. The van der Waals surface area contributed by atoms with Crippen LogP contribution < -0.4 is 9.47 Å². The summed E-state index contributed by atoms with van der Waals surface area (Å²) in [6, 6.07) is 26.7. The molecule has 0 fully saturated rings. The van der Waals surface area contributed by atoms with Gasteiger partial charge in [-0.1, -0.05) is 64.5 Å². The van der Waals surface area contributed by atoms with Crippen LogP contribution in [0.25, 0.3) is 21.5 Å². The highest BCUT2D eigenvalue weighted by molar-refractivity contribution is 9.08. The summed E-state index contributed by atoms with van der Waals surface area (Å²) in [6.07, 6.45) is 0.460. The topological polar surface area (TPSA) is 42.2 Å². The SMILES string of the molecule is COc1ccc2cc(CBr)ccc2c1.COc1ccc2cc(CC#N)ccc2c1. The second-order valence-electron chi connectivity index (χ2n) is 6.56. The minimum atomic E-state index is 0.460. The van der Waals surface area contributed by atoms with Gasteiger partial charge in [-0.2, -0.15) is 5.26 Å². The van der Waals surface area contributed by atoms with Crippen molar-refractivity contribution in [3.8, 4) is 17.6 Å². The summed E-state index contributed by atoms with van der Waals surface area (Å²) >= 11 is 3.45. The summed E-state index contributed by atoms with van der Waals surface area (Å²) in [5, 5.41) is 14.2. The number of fused-ring (bicyclic) bond motifs is 2. The molecule has 4 heteroatoms. The molecule has 29 heavy (non-hydrogen) atoms. The molecule has 0 saturated heterocycles. The van der Waals surface area contributed by atoms with Gasteiger partial charge in [0.05, 0.1) is 26.7 Å². The molecule has 3 nitrogen and oxygen atoms in total. The lowest BCUT2D eigenvalue weighted by Crippen LogP contribution is -1.84. The van der Waals surface area contributed by atoms with Crippen LogP contribution >= 0.6 is 15.9 Å². The first kappa shape index (κ1) is 20.7. The lowest BCUT2D eigenvalue weighted by atomic mass is 10.1. The number of alkyl halides is 1. The Bertz CT molecular complexity index is 1120. The Labute approximate surface area is 179 Å². The van der Waals surface area contributed by atoms with E-state index in [2.05, 4.69) is 46.3 Å². The van der Waals surface area contributed by atoms with Gasteiger partial charge in [0.25, 0.3) is 0 Å². The maximum Gasteiger partial charge on any atom is 0.119 e. The van der Waals surface area contributed by atoms with Gasteiger partial charge < -0.3 is 9.47 Å². The van der Waals surface area contributed by atoms with Crippen molar-refractivity contribution in [1.29, 1.82) is 5.26 Å². The van der Waals surface area contributed by atoms with Gasteiger partial charge in [0.1, 0.15) is 11.5 Å². The molecule has 0 atom stereocenters. The molecule has 4 aromatic carbocycles. The van der Waals surface area contributed by atoms with Crippen LogP contribution in [0, 0.1) is 11.3 Å². The van der Waals surface area contributed by atoms with Crippen LogP contribution in [-0.4, -0.2) is 14.2 Å². The average molecular weight is 448 g/mol. The van der Waals surface area contributed by atoms with E-state index in [1.54, 1.807) is 14.2 Å². The standard InChI is InChI=1S/C13H11NO.C12H11BrO/c1-15-13-5-4-11-8-10(6-7-14)2-3-12(11)9-13;1-14-12-5-4-10-6-9(8-13)2-3-11(10)7-12/h2-5,8-9H,6H2,1H3;2-7H,8H2,1H3.